The molecule has 0 saturated carbocycles. The lowest BCUT2D eigenvalue weighted by molar-refractivity contribution is -0.138. The van der Waals surface area contributed by atoms with Crippen LogP contribution in [-0.2, 0) is 17.4 Å². The summed E-state index contributed by atoms with van der Waals surface area (Å²) in [6.07, 6.45) is -3.54. The first-order valence-electron chi connectivity index (χ1n) is 10.8. The fourth-order valence-corrected chi connectivity index (χ4v) is 4.37. The van der Waals surface area contributed by atoms with Gasteiger partial charge in [0.05, 0.1) is 22.4 Å². The van der Waals surface area contributed by atoms with Gasteiger partial charge in [-0.15, -0.1) is 0 Å². The number of aromatic amines is 1. The molecule has 2 aliphatic rings. The van der Waals surface area contributed by atoms with E-state index in [0.29, 0.717) is 25.3 Å². The zero-order valence-corrected chi connectivity index (χ0v) is 18.3. The van der Waals surface area contributed by atoms with Crippen LogP contribution in [0.4, 0.5) is 23.2 Å². The van der Waals surface area contributed by atoms with Crippen LogP contribution in [0.2, 0.25) is 0 Å². The van der Waals surface area contributed by atoms with Crippen molar-refractivity contribution in [2.45, 2.75) is 26.4 Å². The third-order valence-corrected chi connectivity index (χ3v) is 6.16. The van der Waals surface area contributed by atoms with Crippen LogP contribution in [0.25, 0.3) is 11.6 Å². The second-order valence-corrected chi connectivity index (χ2v) is 8.04. The lowest BCUT2D eigenvalue weighted by Gasteiger charge is -2.30. The summed E-state index contributed by atoms with van der Waals surface area (Å²) >= 11 is 0. The molecule has 1 aromatic carbocycles. The van der Waals surface area contributed by atoms with Gasteiger partial charge in [0.2, 0.25) is 0 Å². The highest BCUT2D eigenvalue weighted by atomic mass is 19.4. The van der Waals surface area contributed by atoms with Gasteiger partial charge in [-0.25, -0.2) is 4.39 Å². The Hall–Kier alpha value is -3.14. The molecule has 1 aromatic heterocycles. The second kappa shape index (κ2) is 8.66. The molecule has 2 aliphatic heterocycles. The second-order valence-electron chi connectivity index (χ2n) is 8.04. The van der Waals surface area contributed by atoms with E-state index in [2.05, 4.69) is 15.2 Å². The standard InChI is InChI=1S/C23H24F4N4O2/c1-3-30(4-2)9-10-31-8-7-17-19(22(31)33)20(23(25,26)27)18(28-17)12-15-14-11-13(24)5-6-16(14)29-21(15)32/h5-6,11-12,28H,3-4,7-10H2,1-2H3,(H,29,32). The molecule has 2 aromatic rings. The Kier molecular flexibility index (Phi) is 6.04. The molecule has 2 N–H and O–H groups in total. The predicted molar refractivity (Wildman–Crippen MR) is 116 cm³/mol. The van der Waals surface area contributed by atoms with E-state index in [4.69, 9.17) is 0 Å². The van der Waals surface area contributed by atoms with Crippen molar-refractivity contribution in [3.63, 3.8) is 0 Å². The van der Waals surface area contributed by atoms with Crippen molar-refractivity contribution in [2.24, 2.45) is 0 Å². The number of halogens is 4. The Morgan fingerprint density at radius 2 is 1.91 bits per heavy atom. The van der Waals surface area contributed by atoms with E-state index in [1.807, 2.05) is 13.8 Å². The Bertz CT molecular complexity index is 1130. The quantitative estimate of drug-likeness (QED) is 0.502. The third-order valence-electron chi connectivity index (χ3n) is 6.16. The number of carbonyl (C=O) groups excluding carboxylic acids is 2. The summed E-state index contributed by atoms with van der Waals surface area (Å²) in [5.74, 6) is -1.93. The molecule has 176 valence electrons. The number of H-pyrrole nitrogens is 1. The van der Waals surface area contributed by atoms with Crippen molar-refractivity contribution in [3.8, 4) is 0 Å². The normalized spacial score (nSPS) is 17.1. The van der Waals surface area contributed by atoms with Crippen LogP contribution in [-0.4, -0.2) is 59.3 Å². The largest absolute Gasteiger partial charge is 0.419 e. The molecule has 2 amide bonds. The van der Waals surface area contributed by atoms with Gasteiger partial charge >= 0.3 is 6.18 Å². The number of nitrogens with zero attached hydrogens (tertiary/aromatic N) is 2. The number of fused-ring (bicyclic) bond motifs is 2. The number of rotatable bonds is 6. The fourth-order valence-electron chi connectivity index (χ4n) is 4.37. The van der Waals surface area contributed by atoms with Gasteiger partial charge in [0, 0.05) is 43.0 Å². The van der Waals surface area contributed by atoms with E-state index >= 15 is 0 Å². The molecule has 0 bridgehead atoms. The van der Waals surface area contributed by atoms with E-state index < -0.39 is 34.9 Å². The maximum absolute atomic E-state index is 14.1. The average Bonchev–Trinajstić information content (AvgIpc) is 3.28. The van der Waals surface area contributed by atoms with Crippen molar-refractivity contribution in [3.05, 3.63) is 52.1 Å². The van der Waals surface area contributed by atoms with Gasteiger partial charge < -0.3 is 20.1 Å². The number of anilines is 1. The zero-order valence-electron chi connectivity index (χ0n) is 18.3. The van der Waals surface area contributed by atoms with Crippen LogP contribution in [0.15, 0.2) is 18.2 Å². The number of hydrogen-bond acceptors (Lipinski definition) is 3. The van der Waals surface area contributed by atoms with E-state index in [1.165, 1.54) is 11.0 Å². The molecule has 6 nitrogen and oxygen atoms in total. The molecule has 0 fully saturated rings. The van der Waals surface area contributed by atoms with Gasteiger partial charge in [0.15, 0.2) is 0 Å². The Morgan fingerprint density at radius 1 is 1.18 bits per heavy atom. The van der Waals surface area contributed by atoms with Gasteiger partial charge in [0.1, 0.15) is 5.82 Å². The van der Waals surface area contributed by atoms with Crippen LogP contribution >= 0.6 is 0 Å². The molecule has 33 heavy (non-hydrogen) atoms. The van der Waals surface area contributed by atoms with Gasteiger partial charge in [0.25, 0.3) is 11.8 Å². The highest BCUT2D eigenvalue weighted by Gasteiger charge is 2.43. The Labute approximate surface area is 188 Å². The van der Waals surface area contributed by atoms with E-state index in [0.717, 1.165) is 31.3 Å². The van der Waals surface area contributed by atoms with Crippen molar-refractivity contribution in [2.75, 3.05) is 38.0 Å². The minimum absolute atomic E-state index is 0.0977. The minimum atomic E-state index is -4.83. The molecule has 4 rings (SSSR count). The summed E-state index contributed by atoms with van der Waals surface area (Å²) < 4.78 is 56.1. The SMILES string of the molecule is CCN(CC)CCN1CCc2[nH]c(C=C3C(=O)Nc4ccc(F)cc43)c(C(F)(F)F)c2C1=O. The van der Waals surface area contributed by atoms with Crippen molar-refractivity contribution in [1.29, 1.82) is 0 Å². The number of amides is 2. The molecule has 0 atom stereocenters. The van der Waals surface area contributed by atoms with Crippen molar-refractivity contribution < 1.29 is 27.2 Å². The molecular weight excluding hydrogens is 440 g/mol. The Morgan fingerprint density at radius 3 is 2.58 bits per heavy atom. The molecule has 3 heterocycles. The average molecular weight is 464 g/mol. The van der Waals surface area contributed by atoms with Gasteiger partial charge in [-0.3, -0.25) is 9.59 Å². The van der Waals surface area contributed by atoms with Crippen molar-refractivity contribution in [1.82, 2.24) is 14.8 Å². The highest BCUT2D eigenvalue weighted by Crippen LogP contribution is 2.41. The van der Waals surface area contributed by atoms with Crippen LogP contribution < -0.4 is 5.32 Å². The number of nitrogens with one attached hydrogen (secondary N) is 2. The monoisotopic (exact) mass is 464 g/mol. The van der Waals surface area contributed by atoms with Crippen LogP contribution in [0.1, 0.15) is 46.7 Å². The van der Waals surface area contributed by atoms with Gasteiger partial charge in [-0.2, -0.15) is 13.2 Å². The van der Waals surface area contributed by atoms with Crippen LogP contribution in [0.3, 0.4) is 0 Å². The number of aromatic nitrogens is 1. The van der Waals surface area contributed by atoms with Crippen LogP contribution in [0.5, 0.6) is 0 Å². The summed E-state index contributed by atoms with van der Waals surface area (Å²) in [6, 6.07) is 3.60. The minimum Gasteiger partial charge on any atom is -0.358 e. The number of carbonyl (C=O) groups is 2. The van der Waals surface area contributed by atoms with Gasteiger partial charge in [-0.1, -0.05) is 13.8 Å². The topological polar surface area (TPSA) is 68.4 Å². The first kappa shape index (κ1) is 23.0. The van der Waals surface area contributed by atoms with E-state index in [9.17, 15) is 27.2 Å². The summed E-state index contributed by atoms with van der Waals surface area (Å²) in [5.41, 5.74) is -1.30. The maximum atomic E-state index is 14.1. The molecule has 0 unspecified atom stereocenters. The van der Waals surface area contributed by atoms with Crippen LogP contribution in [0, 0.1) is 5.82 Å². The number of alkyl halides is 3. The number of likely N-dealkylation sites (N-methyl/N-ethyl adjacent to an activating group) is 1. The van der Waals surface area contributed by atoms with Gasteiger partial charge in [-0.05, 0) is 37.4 Å². The van der Waals surface area contributed by atoms with E-state index in [1.54, 1.807) is 0 Å². The maximum Gasteiger partial charge on any atom is 0.419 e. The number of hydrogen-bond donors (Lipinski definition) is 2. The lowest BCUT2D eigenvalue weighted by atomic mass is 9.99. The highest BCUT2D eigenvalue weighted by molar-refractivity contribution is 6.35. The first-order chi connectivity index (χ1) is 15.6. The number of benzene rings is 1. The predicted octanol–water partition coefficient (Wildman–Crippen LogP) is 4.01. The Balaban J connectivity index is 1.74. The zero-order chi connectivity index (χ0) is 23.9. The fraction of sp³-hybridized carbons (Fsp3) is 0.391. The smallest absolute Gasteiger partial charge is 0.358 e. The molecular formula is C23H24F4N4O2. The molecule has 0 spiro atoms. The molecule has 10 heteroatoms. The molecule has 0 saturated heterocycles. The molecule has 0 radical (unpaired) electrons. The summed E-state index contributed by atoms with van der Waals surface area (Å²) in [5, 5.41) is 2.52. The molecule has 0 aliphatic carbocycles. The lowest BCUT2D eigenvalue weighted by Crippen LogP contribution is -2.43. The summed E-state index contributed by atoms with van der Waals surface area (Å²) in [6.45, 7) is 6.73. The summed E-state index contributed by atoms with van der Waals surface area (Å²) in [4.78, 5) is 31.7. The van der Waals surface area contributed by atoms with Crippen molar-refractivity contribution >= 4 is 29.2 Å². The summed E-state index contributed by atoms with van der Waals surface area (Å²) in [7, 11) is 0. The first-order valence-corrected chi connectivity index (χ1v) is 10.8. The van der Waals surface area contributed by atoms with E-state index in [-0.39, 0.29) is 28.9 Å². The third kappa shape index (κ3) is 4.27.